The fraction of sp³-hybridized carbons (Fsp3) is 0.640. The van der Waals surface area contributed by atoms with E-state index >= 15 is 0 Å². The minimum atomic E-state index is -2.00. The average Bonchev–Trinajstić information content (AvgIpc) is 3.43. The number of rotatable bonds is 8. The van der Waals surface area contributed by atoms with Gasteiger partial charge in [0.25, 0.3) is 0 Å². The lowest BCUT2D eigenvalue weighted by atomic mass is 9.87. The van der Waals surface area contributed by atoms with Crippen molar-refractivity contribution < 1.29 is 29.3 Å². The lowest BCUT2D eigenvalue weighted by Crippen LogP contribution is -2.41. The van der Waals surface area contributed by atoms with Crippen LogP contribution in [0.15, 0.2) is 18.5 Å². The standard InChI is InChI=1S/C25H34N6O6/c1-14(2)20(27)24(35)30-23-16-8-9-18(31(16)29-13-28-23)25(12-26)22(34)21(33)17(37-25)11-36-19(32)10-15-6-4-3-5-7-15/h8-9,13-15,17,20-22,33-34H,3-7,10-11,27H2,1-2H3,(H,28,29,30,35)/t17-,20?,21-,22-,25+/m1/s1. The molecule has 200 valence electrons. The van der Waals surface area contributed by atoms with Gasteiger partial charge < -0.3 is 30.7 Å². The molecule has 1 aliphatic heterocycles. The molecule has 2 fully saturated rings. The molecule has 1 aliphatic carbocycles. The molecular formula is C25H34N6O6. The Balaban J connectivity index is 1.52. The molecular weight excluding hydrogens is 480 g/mol. The van der Waals surface area contributed by atoms with E-state index in [-0.39, 0.29) is 30.0 Å². The van der Waals surface area contributed by atoms with Gasteiger partial charge in [-0.2, -0.15) is 10.4 Å². The monoisotopic (exact) mass is 514 g/mol. The van der Waals surface area contributed by atoms with Crippen molar-refractivity contribution in [1.29, 1.82) is 5.26 Å². The van der Waals surface area contributed by atoms with E-state index in [1.165, 1.54) is 23.3 Å². The second-order valence-electron chi connectivity index (χ2n) is 10.2. The molecule has 0 radical (unpaired) electrons. The summed E-state index contributed by atoms with van der Waals surface area (Å²) < 4.78 is 12.5. The van der Waals surface area contributed by atoms with Crippen molar-refractivity contribution in [3.8, 4) is 6.07 Å². The van der Waals surface area contributed by atoms with E-state index in [1.807, 2.05) is 19.9 Å². The zero-order chi connectivity index (χ0) is 26.7. The van der Waals surface area contributed by atoms with Crippen molar-refractivity contribution in [3.63, 3.8) is 0 Å². The van der Waals surface area contributed by atoms with Gasteiger partial charge in [0, 0.05) is 6.42 Å². The van der Waals surface area contributed by atoms with E-state index in [2.05, 4.69) is 15.4 Å². The number of aliphatic hydroxyl groups excluding tert-OH is 2. The van der Waals surface area contributed by atoms with Crippen LogP contribution in [0.1, 0.15) is 58.1 Å². The van der Waals surface area contributed by atoms with Crippen LogP contribution in [-0.4, -0.2) is 67.6 Å². The van der Waals surface area contributed by atoms with E-state index in [0.29, 0.717) is 11.9 Å². The van der Waals surface area contributed by atoms with E-state index in [4.69, 9.17) is 15.2 Å². The molecule has 2 aromatic rings. The van der Waals surface area contributed by atoms with Crippen molar-refractivity contribution >= 4 is 23.2 Å². The molecule has 37 heavy (non-hydrogen) atoms. The highest BCUT2D eigenvalue weighted by atomic mass is 16.6. The second-order valence-corrected chi connectivity index (χ2v) is 10.2. The largest absolute Gasteiger partial charge is 0.463 e. The maximum atomic E-state index is 12.5. The maximum Gasteiger partial charge on any atom is 0.306 e. The number of aromatic nitrogens is 3. The quantitative estimate of drug-likeness (QED) is 0.370. The van der Waals surface area contributed by atoms with Crippen LogP contribution in [0.3, 0.4) is 0 Å². The van der Waals surface area contributed by atoms with Gasteiger partial charge in [-0.3, -0.25) is 9.59 Å². The number of carbonyl (C=O) groups excluding carboxylic acids is 2. The number of anilines is 1. The highest BCUT2D eigenvalue weighted by molar-refractivity contribution is 5.97. The molecule has 3 heterocycles. The lowest BCUT2D eigenvalue weighted by molar-refractivity contribution is -0.152. The Morgan fingerprint density at radius 1 is 1.32 bits per heavy atom. The molecule has 12 heteroatoms. The first-order valence-electron chi connectivity index (χ1n) is 12.7. The first kappa shape index (κ1) is 26.9. The highest BCUT2D eigenvalue weighted by Crippen LogP contribution is 2.40. The molecule has 5 N–H and O–H groups in total. The topological polar surface area (TPSA) is 185 Å². The predicted octanol–water partition coefficient (Wildman–Crippen LogP) is 1.00. The summed E-state index contributed by atoms with van der Waals surface area (Å²) in [5.74, 6) is -0.476. The van der Waals surface area contributed by atoms with Gasteiger partial charge in [-0.05, 0) is 36.8 Å². The molecule has 0 bridgehead atoms. The number of esters is 1. The molecule has 0 aromatic carbocycles. The number of fused-ring (bicyclic) bond motifs is 1. The van der Waals surface area contributed by atoms with Gasteiger partial charge in [0.15, 0.2) is 5.82 Å². The van der Waals surface area contributed by atoms with Crippen molar-refractivity contribution in [2.75, 3.05) is 11.9 Å². The highest BCUT2D eigenvalue weighted by Gasteiger charge is 2.57. The number of nitrogens with one attached hydrogen (secondary N) is 1. The van der Waals surface area contributed by atoms with Crippen LogP contribution in [0.25, 0.3) is 5.52 Å². The molecule has 2 aliphatic rings. The van der Waals surface area contributed by atoms with Crippen LogP contribution in [0.2, 0.25) is 0 Å². The molecule has 12 nitrogen and oxygen atoms in total. The van der Waals surface area contributed by atoms with E-state index < -0.39 is 41.8 Å². The van der Waals surface area contributed by atoms with Gasteiger partial charge in [0.2, 0.25) is 11.5 Å². The minimum absolute atomic E-state index is 0.0979. The molecule has 1 saturated heterocycles. The third kappa shape index (κ3) is 5.31. The van der Waals surface area contributed by atoms with Crippen LogP contribution in [0.4, 0.5) is 5.82 Å². The Bertz CT molecular complexity index is 1170. The summed E-state index contributed by atoms with van der Waals surface area (Å²) in [7, 11) is 0. The van der Waals surface area contributed by atoms with Gasteiger partial charge >= 0.3 is 5.97 Å². The Kier molecular flexibility index (Phi) is 8.08. The summed E-state index contributed by atoms with van der Waals surface area (Å²) in [5, 5.41) is 38.5. The summed E-state index contributed by atoms with van der Waals surface area (Å²) in [4.78, 5) is 28.9. The Hall–Kier alpha value is -3.11. The van der Waals surface area contributed by atoms with Crippen LogP contribution >= 0.6 is 0 Å². The van der Waals surface area contributed by atoms with Crippen LogP contribution in [0, 0.1) is 23.2 Å². The molecule has 4 rings (SSSR count). The summed E-state index contributed by atoms with van der Waals surface area (Å²) in [6, 6.07) is 4.27. The normalized spacial score (nSPS) is 27.2. The number of aliphatic hydroxyl groups is 2. The molecule has 1 saturated carbocycles. The number of carbonyl (C=O) groups is 2. The van der Waals surface area contributed by atoms with Crippen LogP contribution in [-0.2, 0) is 24.7 Å². The number of nitrogens with zero attached hydrogens (tertiary/aromatic N) is 4. The summed E-state index contributed by atoms with van der Waals surface area (Å²) in [6.07, 6.45) is 2.57. The minimum Gasteiger partial charge on any atom is -0.463 e. The van der Waals surface area contributed by atoms with Crippen molar-refractivity contribution in [2.24, 2.45) is 17.6 Å². The molecule has 0 spiro atoms. The van der Waals surface area contributed by atoms with Gasteiger partial charge in [-0.25, -0.2) is 9.50 Å². The Morgan fingerprint density at radius 2 is 2.05 bits per heavy atom. The number of hydrogen-bond donors (Lipinski definition) is 4. The molecule has 2 aromatic heterocycles. The Morgan fingerprint density at radius 3 is 2.73 bits per heavy atom. The second kappa shape index (κ2) is 11.1. The summed E-state index contributed by atoms with van der Waals surface area (Å²) in [5.41, 5.74) is 4.39. The van der Waals surface area contributed by atoms with Crippen LogP contribution in [0.5, 0.6) is 0 Å². The average molecular weight is 515 g/mol. The van der Waals surface area contributed by atoms with Crippen molar-refractivity contribution in [3.05, 3.63) is 24.2 Å². The maximum absolute atomic E-state index is 12.5. The summed E-state index contributed by atoms with van der Waals surface area (Å²) >= 11 is 0. The predicted molar refractivity (Wildman–Crippen MR) is 131 cm³/mol. The zero-order valence-corrected chi connectivity index (χ0v) is 21.0. The first-order valence-corrected chi connectivity index (χ1v) is 12.7. The van der Waals surface area contributed by atoms with Crippen molar-refractivity contribution in [1.82, 2.24) is 14.6 Å². The first-order chi connectivity index (χ1) is 17.7. The van der Waals surface area contributed by atoms with E-state index in [0.717, 1.165) is 25.7 Å². The molecule has 1 unspecified atom stereocenters. The number of nitriles is 1. The zero-order valence-electron chi connectivity index (χ0n) is 21.0. The number of hydrogen-bond acceptors (Lipinski definition) is 10. The fourth-order valence-corrected chi connectivity index (χ4v) is 4.99. The SMILES string of the molecule is CC(C)C(N)C(=O)Nc1ncnn2c([C@]3(C#N)O[C@H](COC(=O)CC4CCCCC4)[C@@H](O)[C@H]3O)ccc12. The third-order valence-electron chi connectivity index (χ3n) is 7.31. The van der Waals surface area contributed by atoms with E-state index in [9.17, 15) is 25.1 Å². The van der Waals surface area contributed by atoms with Gasteiger partial charge in [0.1, 0.15) is 42.8 Å². The van der Waals surface area contributed by atoms with Gasteiger partial charge in [-0.15, -0.1) is 0 Å². The van der Waals surface area contributed by atoms with Crippen LogP contribution < -0.4 is 11.1 Å². The fourth-order valence-electron chi connectivity index (χ4n) is 4.99. The third-order valence-corrected chi connectivity index (χ3v) is 7.31. The Labute approximate surface area is 214 Å². The smallest absolute Gasteiger partial charge is 0.306 e. The number of nitrogens with two attached hydrogens (primary N) is 1. The van der Waals surface area contributed by atoms with Crippen molar-refractivity contribution in [2.45, 2.75) is 82.3 Å². The van der Waals surface area contributed by atoms with E-state index in [1.54, 1.807) is 6.07 Å². The number of ether oxygens (including phenoxy) is 2. The summed E-state index contributed by atoms with van der Waals surface area (Å²) in [6.45, 7) is 3.33. The van der Waals surface area contributed by atoms with Gasteiger partial charge in [0.05, 0.1) is 11.7 Å². The molecule has 5 atom stereocenters. The lowest BCUT2D eigenvalue weighted by Gasteiger charge is -2.24. The van der Waals surface area contributed by atoms with Gasteiger partial charge in [-0.1, -0.05) is 33.1 Å². The molecule has 1 amide bonds. The number of amides is 1.